The van der Waals surface area contributed by atoms with Crippen molar-refractivity contribution in [3.05, 3.63) is 39.0 Å². The molecule has 1 aliphatic carbocycles. The van der Waals surface area contributed by atoms with Gasteiger partial charge in [0.2, 0.25) is 10.0 Å². The molecule has 1 heterocycles. The molecule has 1 aromatic carbocycles. The number of aromatic nitrogens is 2. The Morgan fingerprint density at radius 3 is 2.67 bits per heavy atom. The molecule has 0 spiro atoms. The Kier molecular flexibility index (Phi) is 5.49. The molecule has 1 saturated carbocycles. The van der Waals surface area contributed by atoms with Crippen LogP contribution in [0, 0.1) is 5.92 Å². The summed E-state index contributed by atoms with van der Waals surface area (Å²) in [4.78, 5) is 27.6. The number of hydrogen-bond acceptors (Lipinski definition) is 5. The molecular weight excluding hydrogens is 356 g/mol. The zero-order valence-electron chi connectivity index (χ0n) is 12.7. The zero-order chi connectivity index (χ0) is 16.6. The van der Waals surface area contributed by atoms with Gasteiger partial charge in [-0.05, 0) is 43.5 Å². The highest BCUT2D eigenvalue weighted by atomic mass is 35.5. The van der Waals surface area contributed by atoms with Gasteiger partial charge in [0.25, 0.3) is 5.56 Å². The molecule has 0 aliphatic heterocycles. The minimum atomic E-state index is -3.76. The van der Waals surface area contributed by atoms with Gasteiger partial charge in [0, 0.05) is 6.04 Å². The Bertz CT molecular complexity index is 953. The Labute approximate surface area is 144 Å². The predicted octanol–water partition coefficient (Wildman–Crippen LogP) is 0.0439. The third-order valence-electron chi connectivity index (χ3n) is 4.29. The average Bonchev–Trinajstić information content (AvgIpc) is 2.93. The first-order chi connectivity index (χ1) is 10.9. The Hall–Kier alpha value is -1.68. The Morgan fingerprint density at radius 1 is 1.21 bits per heavy atom. The van der Waals surface area contributed by atoms with Crippen LogP contribution in [-0.4, -0.2) is 31.0 Å². The predicted molar refractivity (Wildman–Crippen MR) is 92.9 cm³/mol. The molecule has 0 amide bonds. The topological polar surface area (TPSA) is 138 Å². The third-order valence-corrected chi connectivity index (χ3v) is 5.78. The van der Waals surface area contributed by atoms with E-state index in [0.29, 0.717) is 12.1 Å². The smallest absolute Gasteiger partial charge is 0.326 e. The van der Waals surface area contributed by atoms with Crippen molar-refractivity contribution in [2.75, 3.05) is 6.54 Å². The lowest BCUT2D eigenvalue weighted by atomic mass is 10.1. The molecule has 2 unspecified atom stereocenters. The Balaban J connectivity index is 0.00000208. The van der Waals surface area contributed by atoms with E-state index >= 15 is 0 Å². The number of halogens is 1. The van der Waals surface area contributed by atoms with Crippen LogP contribution in [-0.2, 0) is 10.0 Å². The van der Waals surface area contributed by atoms with Crippen LogP contribution in [0.3, 0.4) is 0 Å². The first-order valence-electron chi connectivity index (χ1n) is 7.39. The molecule has 2 atom stereocenters. The molecule has 0 saturated heterocycles. The summed E-state index contributed by atoms with van der Waals surface area (Å²) < 4.78 is 27.7. The normalized spacial score (nSPS) is 20.9. The van der Waals surface area contributed by atoms with Crippen molar-refractivity contribution in [1.82, 2.24) is 14.7 Å². The van der Waals surface area contributed by atoms with Crippen LogP contribution in [0.25, 0.3) is 10.9 Å². The van der Waals surface area contributed by atoms with Crippen molar-refractivity contribution >= 4 is 33.3 Å². The van der Waals surface area contributed by atoms with E-state index in [1.54, 1.807) is 0 Å². The number of aromatic amines is 2. The quantitative estimate of drug-likeness (QED) is 0.598. The van der Waals surface area contributed by atoms with Crippen LogP contribution < -0.4 is 21.7 Å². The van der Waals surface area contributed by atoms with Crippen LogP contribution in [0.5, 0.6) is 0 Å². The molecule has 0 bridgehead atoms. The summed E-state index contributed by atoms with van der Waals surface area (Å²) in [6, 6.07) is 3.86. The number of fused-ring (bicyclic) bond motifs is 1. The Morgan fingerprint density at radius 2 is 1.96 bits per heavy atom. The SMILES string of the molecule is Cl.NCC1CCCC1NS(=O)(=O)c1ccc2[nH]c(=O)[nH]c(=O)c2c1. The number of nitrogens with two attached hydrogens (primary N) is 1. The van der Waals surface area contributed by atoms with Gasteiger partial charge in [-0.1, -0.05) is 6.42 Å². The van der Waals surface area contributed by atoms with E-state index in [-0.39, 0.29) is 34.6 Å². The summed E-state index contributed by atoms with van der Waals surface area (Å²) >= 11 is 0. The van der Waals surface area contributed by atoms with Gasteiger partial charge in [0.15, 0.2) is 0 Å². The van der Waals surface area contributed by atoms with Crippen molar-refractivity contribution in [2.24, 2.45) is 11.7 Å². The molecule has 132 valence electrons. The lowest BCUT2D eigenvalue weighted by Crippen LogP contribution is -2.39. The lowest BCUT2D eigenvalue weighted by Gasteiger charge is -2.19. The first-order valence-corrected chi connectivity index (χ1v) is 8.88. The molecule has 0 radical (unpaired) electrons. The first kappa shape index (κ1) is 18.7. The third kappa shape index (κ3) is 3.54. The van der Waals surface area contributed by atoms with Gasteiger partial charge in [0.1, 0.15) is 0 Å². The molecule has 10 heteroatoms. The number of hydrogen-bond donors (Lipinski definition) is 4. The number of rotatable bonds is 4. The number of nitrogens with one attached hydrogen (secondary N) is 3. The van der Waals surface area contributed by atoms with E-state index in [4.69, 9.17) is 5.73 Å². The standard InChI is InChI=1S/C14H18N4O4S.ClH/c15-7-8-2-1-3-11(8)18-23(21,22)9-4-5-12-10(6-9)13(19)17-14(20)16-12;/h4-6,8,11,18H,1-3,7,15H2,(H2,16,17,19,20);1H. The van der Waals surface area contributed by atoms with Crippen molar-refractivity contribution in [3.63, 3.8) is 0 Å². The highest BCUT2D eigenvalue weighted by Gasteiger charge is 2.30. The summed E-state index contributed by atoms with van der Waals surface area (Å²) in [5.41, 5.74) is 4.71. The van der Waals surface area contributed by atoms with Gasteiger partial charge < -0.3 is 10.7 Å². The van der Waals surface area contributed by atoms with Gasteiger partial charge in [-0.15, -0.1) is 12.4 Å². The fraction of sp³-hybridized carbons (Fsp3) is 0.429. The molecule has 3 rings (SSSR count). The molecular formula is C14H19ClN4O4S. The maximum Gasteiger partial charge on any atom is 0.326 e. The molecule has 2 aromatic rings. The van der Waals surface area contributed by atoms with Crippen molar-refractivity contribution in [3.8, 4) is 0 Å². The highest BCUT2D eigenvalue weighted by Crippen LogP contribution is 2.26. The summed E-state index contributed by atoms with van der Waals surface area (Å²) in [7, 11) is -3.76. The lowest BCUT2D eigenvalue weighted by molar-refractivity contribution is 0.453. The van der Waals surface area contributed by atoms with Crippen LogP contribution in [0.2, 0.25) is 0 Å². The van der Waals surface area contributed by atoms with E-state index in [0.717, 1.165) is 19.3 Å². The van der Waals surface area contributed by atoms with Gasteiger partial charge >= 0.3 is 5.69 Å². The summed E-state index contributed by atoms with van der Waals surface area (Å²) in [5.74, 6) is 0.130. The van der Waals surface area contributed by atoms with E-state index in [1.165, 1.54) is 18.2 Å². The summed E-state index contributed by atoms with van der Waals surface area (Å²) in [6.45, 7) is 0.436. The van der Waals surface area contributed by atoms with E-state index in [1.807, 2.05) is 0 Å². The second-order valence-electron chi connectivity index (χ2n) is 5.77. The fourth-order valence-electron chi connectivity index (χ4n) is 3.05. The van der Waals surface area contributed by atoms with Crippen LogP contribution >= 0.6 is 12.4 Å². The maximum atomic E-state index is 12.5. The van der Waals surface area contributed by atoms with Crippen molar-refractivity contribution in [1.29, 1.82) is 0 Å². The average molecular weight is 375 g/mol. The molecule has 1 fully saturated rings. The van der Waals surface area contributed by atoms with Gasteiger partial charge in [-0.3, -0.25) is 9.78 Å². The summed E-state index contributed by atoms with van der Waals surface area (Å²) in [5, 5.41) is 0.120. The second-order valence-corrected chi connectivity index (χ2v) is 7.48. The van der Waals surface area contributed by atoms with Crippen LogP contribution in [0.4, 0.5) is 0 Å². The van der Waals surface area contributed by atoms with E-state index in [9.17, 15) is 18.0 Å². The summed E-state index contributed by atoms with van der Waals surface area (Å²) in [6.07, 6.45) is 2.60. The van der Waals surface area contributed by atoms with Crippen LogP contribution in [0.15, 0.2) is 32.7 Å². The van der Waals surface area contributed by atoms with E-state index in [2.05, 4.69) is 14.7 Å². The number of H-pyrrole nitrogens is 2. The largest absolute Gasteiger partial charge is 0.330 e. The molecule has 5 N–H and O–H groups in total. The van der Waals surface area contributed by atoms with Gasteiger partial charge in [-0.25, -0.2) is 17.9 Å². The molecule has 1 aromatic heterocycles. The highest BCUT2D eigenvalue weighted by molar-refractivity contribution is 7.89. The minimum absolute atomic E-state index is 0. The molecule has 1 aliphatic rings. The van der Waals surface area contributed by atoms with Crippen molar-refractivity contribution < 1.29 is 8.42 Å². The molecule has 24 heavy (non-hydrogen) atoms. The van der Waals surface area contributed by atoms with Crippen molar-refractivity contribution in [2.45, 2.75) is 30.2 Å². The second kappa shape index (κ2) is 7.06. The van der Waals surface area contributed by atoms with Crippen LogP contribution in [0.1, 0.15) is 19.3 Å². The number of benzene rings is 1. The van der Waals surface area contributed by atoms with Gasteiger partial charge in [0.05, 0.1) is 15.8 Å². The maximum absolute atomic E-state index is 12.5. The van der Waals surface area contributed by atoms with Gasteiger partial charge in [-0.2, -0.15) is 0 Å². The monoisotopic (exact) mass is 374 g/mol. The molecule has 8 nitrogen and oxygen atoms in total. The van der Waals surface area contributed by atoms with E-state index < -0.39 is 21.3 Å². The fourth-order valence-corrected chi connectivity index (χ4v) is 4.42. The zero-order valence-corrected chi connectivity index (χ0v) is 14.4. The minimum Gasteiger partial charge on any atom is -0.330 e. The number of sulfonamides is 1.